The minimum atomic E-state index is -0.144. The molecule has 2 heteroatoms. The Balaban J connectivity index is 2.46. The van der Waals surface area contributed by atoms with Crippen molar-refractivity contribution in [3.8, 4) is 0 Å². The standard InChI is InChI=1S/C8H10O2/c1-2-4-7-5-3-6-8(9)10-7/h2-3,5,7H,1,4,6H2. The van der Waals surface area contributed by atoms with E-state index in [2.05, 4.69) is 6.58 Å². The Kier molecular flexibility index (Phi) is 2.26. The molecule has 0 saturated carbocycles. The number of esters is 1. The lowest BCUT2D eigenvalue weighted by Gasteiger charge is -2.14. The quantitative estimate of drug-likeness (QED) is 0.426. The molecular weight excluding hydrogens is 128 g/mol. The van der Waals surface area contributed by atoms with Crippen molar-refractivity contribution < 1.29 is 9.53 Å². The maximum Gasteiger partial charge on any atom is 0.310 e. The molecule has 0 amide bonds. The molecule has 1 atom stereocenters. The van der Waals surface area contributed by atoms with Crippen molar-refractivity contribution in [3.05, 3.63) is 24.8 Å². The van der Waals surface area contributed by atoms with Gasteiger partial charge in [0.1, 0.15) is 6.10 Å². The third-order valence-electron chi connectivity index (χ3n) is 1.32. The molecule has 0 aromatic heterocycles. The molecule has 0 saturated heterocycles. The Morgan fingerprint density at radius 2 is 2.70 bits per heavy atom. The van der Waals surface area contributed by atoms with Crippen LogP contribution in [-0.2, 0) is 9.53 Å². The van der Waals surface area contributed by atoms with Gasteiger partial charge in [-0.3, -0.25) is 4.79 Å². The van der Waals surface area contributed by atoms with E-state index in [4.69, 9.17) is 4.74 Å². The van der Waals surface area contributed by atoms with Crippen LogP contribution in [0.3, 0.4) is 0 Å². The lowest BCUT2D eigenvalue weighted by atomic mass is 10.2. The molecule has 0 N–H and O–H groups in total. The van der Waals surface area contributed by atoms with E-state index < -0.39 is 0 Å². The van der Waals surface area contributed by atoms with Crippen LogP contribution in [0, 0.1) is 0 Å². The van der Waals surface area contributed by atoms with Gasteiger partial charge in [0.25, 0.3) is 0 Å². The maximum atomic E-state index is 10.6. The first-order valence-corrected chi connectivity index (χ1v) is 3.30. The molecule has 0 spiro atoms. The minimum Gasteiger partial charge on any atom is -0.458 e. The fourth-order valence-corrected chi connectivity index (χ4v) is 0.863. The second-order valence-electron chi connectivity index (χ2n) is 2.18. The fourth-order valence-electron chi connectivity index (χ4n) is 0.863. The van der Waals surface area contributed by atoms with Gasteiger partial charge in [-0.1, -0.05) is 12.2 Å². The third kappa shape index (κ3) is 1.72. The lowest BCUT2D eigenvalue weighted by Crippen LogP contribution is -2.18. The molecule has 0 aliphatic carbocycles. The van der Waals surface area contributed by atoms with Gasteiger partial charge in [0, 0.05) is 6.42 Å². The van der Waals surface area contributed by atoms with Crippen LogP contribution in [0.15, 0.2) is 24.8 Å². The summed E-state index contributed by atoms with van der Waals surface area (Å²) in [6.45, 7) is 3.55. The van der Waals surface area contributed by atoms with Gasteiger partial charge in [0.15, 0.2) is 0 Å². The molecule has 54 valence electrons. The summed E-state index contributed by atoms with van der Waals surface area (Å²) >= 11 is 0. The Hall–Kier alpha value is -1.05. The molecule has 1 heterocycles. The third-order valence-corrected chi connectivity index (χ3v) is 1.32. The van der Waals surface area contributed by atoms with Gasteiger partial charge < -0.3 is 4.74 Å². The number of hydrogen-bond acceptors (Lipinski definition) is 2. The van der Waals surface area contributed by atoms with Gasteiger partial charge >= 0.3 is 5.97 Å². The Bertz CT molecular complexity index is 170. The largest absolute Gasteiger partial charge is 0.458 e. The van der Waals surface area contributed by atoms with Crippen LogP contribution in [0.4, 0.5) is 0 Å². The zero-order chi connectivity index (χ0) is 7.40. The zero-order valence-electron chi connectivity index (χ0n) is 5.75. The summed E-state index contributed by atoms with van der Waals surface area (Å²) in [7, 11) is 0. The first kappa shape index (κ1) is 7.06. The highest BCUT2D eigenvalue weighted by Gasteiger charge is 2.12. The van der Waals surface area contributed by atoms with Gasteiger partial charge in [0.2, 0.25) is 0 Å². The van der Waals surface area contributed by atoms with Crippen LogP contribution in [0.1, 0.15) is 12.8 Å². The van der Waals surface area contributed by atoms with Crippen molar-refractivity contribution in [2.75, 3.05) is 0 Å². The summed E-state index contributed by atoms with van der Waals surface area (Å²) in [6, 6.07) is 0. The van der Waals surface area contributed by atoms with Crippen molar-refractivity contribution in [3.63, 3.8) is 0 Å². The summed E-state index contributed by atoms with van der Waals surface area (Å²) < 4.78 is 4.93. The molecule has 1 unspecified atom stereocenters. The highest BCUT2D eigenvalue weighted by atomic mass is 16.5. The first-order valence-electron chi connectivity index (χ1n) is 3.30. The van der Waals surface area contributed by atoms with Gasteiger partial charge in [-0.25, -0.2) is 0 Å². The van der Waals surface area contributed by atoms with Crippen molar-refractivity contribution >= 4 is 5.97 Å². The zero-order valence-corrected chi connectivity index (χ0v) is 5.75. The van der Waals surface area contributed by atoms with Gasteiger partial charge in [-0.05, 0) is 6.08 Å². The van der Waals surface area contributed by atoms with Gasteiger partial charge in [-0.2, -0.15) is 0 Å². The Morgan fingerprint density at radius 1 is 1.90 bits per heavy atom. The molecule has 10 heavy (non-hydrogen) atoms. The number of ether oxygens (including phenoxy) is 1. The second-order valence-corrected chi connectivity index (χ2v) is 2.18. The number of cyclic esters (lactones) is 1. The summed E-state index contributed by atoms with van der Waals surface area (Å²) in [6.07, 6.45) is 6.52. The predicted molar refractivity (Wildman–Crippen MR) is 38.5 cm³/mol. The SMILES string of the molecule is C=CCC1C=CCC(=O)O1. The van der Waals surface area contributed by atoms with Gasteiger partial charge in [-0.15, -0.1) is 6.58 Å². The predicted octanol–water partition coefficient (Wildman–Crippen LogP) is 1.43. The van der Waals surface area contributed by atoms with E-state index in [9.17, 15) is 4.79 Å². The monoisotopic (exact) mass is 138 g/mol. The summed E-state index contributed by atoms with van der Waals surface area (Å²) in [5, 5.41) is 0. The number of carbonyl (C=O) groups excluding carboxylic acids is 1. The smallest absolute Gasteiger partial charge is 0.310 e. The molecule has 0 fully saturated rings. The van der Waals surface area contributed by atoms with E-state index in [1.54, 1.807) is 6.08 Å². The molecule has 0 aromatic rings. The normalized spacial score (nSPS) is 24.0. The average Bonchev–Trinajstić information content (AvgIpc) is 1.88. The van der Waals surface area contributed by atoms with Crippen LogP contribution in [0.25, 0.3) is 0 Å². The number of carbonyl (C=O) groups is 1. The van der Waals surface area contributed by atoms with E-state index in [0.717, 1.165) is 0 Å². The second kappa shape index (κ2) is 3.20. The average molecular weight is 138 g/mol. The summed E-state index contributed by atoms with van der Waals surface area (Å²) in [5.41, 5.74) is 0. The van der Waals surface area contributed by atoms with Crippen molar-refractivity contribution in [1.82, 2.24) is 0 Å². The summed E-state index contributed by atoms with van der Waals surface area (Å²) in [5.74, 6) is -0.144. The minimum absolute atomic E-state index is 0.0706. The molecule has 0 aromatic carbocycles. The topological polar surface area (TPSA) is 26.3 Å². The first-order chi connectivity index (χ1) is 4.83. The van der Waals surface area contributed by atoms with Crippen molar-refractivity contribution in [1.29, 1.82) is 0 Å². The van der Waals surface area contributed by atoms with E-state index in [-0.39, 0.29) is 12.1 Å². The van der Waals surface area contributed by atoms with Crippen LogP contribution < -0.4 is 0 Å². The number of rotatable bonds is 2. The van der Waals surface area contributed by atoms with E-state index in [1.165, 1.54) is 0 Å². The van der Waals surface area contributed by atoms with Crippen LogP contribution in [-0.4, -0.2) is 12.1 Å². The molecule has 1 aliphatic heterocycles. The number of hydrogen-bond donors (Lipinski definition) is 0. The summed E-state index contributed by atoms with van der Waals surface area (Å²) in [4.78, 5) is 10.6. The fraction of sp³-hybridized carbons (Fsp3) is 0.375. The molecule has 0 bridgehead atoms. The van der Waals surface area contributed by atoms with E-state index >= 15 is 0 Å². The molecule has 1 rings (SSSR count). The lowest BCUT2D eigenvalue weighted by molar-refractivity contribution is -0.146. The van der Waals surface area contributed by atoms with Crippen LogP contribution >= 0.6 is 0 Å². The van der Waals surface area contributed by atoms with Gasteiger partial charge in [0.05, 0.1) is 6.42 Å². The molecular formula is C8H10O2. The Morgan fingerprint density at radius 3 is 3.30 bits per heavy atom. The van der Waals surface area contributed by atoms with E-state index in [1.807, 2.05) is 12.2 Å². The Labute approximate surface area is 60.2 Å². The molecule has 0 radical (unpaired) electrons. The van der Waals surface area contributed by atoms with Crippen LogP contribution in [0.5, 0.6) is 0 Å². The van der Waals surface area contributed by atoms with Crippen LogP contribution in [0.2, 0.25) is 0 Å². The highest BCUT2D eigenvalue weighted by molar-refractivity contribution is 5.72. The van der Waals surface area contributed by atoms with E-state index in [0.29, 0.717) is 12.8 Å². The highest BCUT2D eigenvalue weighted by Crippen LogP contribution is 2.09. The molecule has 2 nitrogen and oxygen atoms in total. The molecule has 1 aliphatic rings. The maximum absolute atomic E-state index is 10.6. The van der Waals surface area contributed by atoms with Crippen molar-refractivity contribution in [2.24, 2.45) is 0 Å². The van der Waals surface area contributed by atoms with Crippen molar-refractivity contribution in [2.45, 2.75) is 18.9 Å².